The molecule has 96 valence electrons. The summed E-state index contributed by atoms with van der Waals surface area (Å²) in [6.45, 7) is 5.83. The maximum absolute atomic E-state index is 11.7. The van der Waals surface area contributed by atoms with Gasteiger partial charge in [0.05, 0.1) is 0 Å². The highest BCUT2D eigenvalue weighted by Crippen LogP contribution is 2.15. The largest absolute Gasteiger partial charge is 0.399 e. The van der Waals surface area contributed by atoms with Crippen LogP contribution in [0.1, 0.15) is 29.2 Å². The molecule has 0 aliphatic heterocycles. The Morgan fingerprint density at radius 2 is 2.06 bits per heavy atom. The van der Waals surface area contributed by atoms with Crippen LogP contribution in [-0.2, 0) is 0 Å². The molecule has 0 radical (unpaired) electrons. The fourth-order valence-electron chi connectivity index (χ4n) is 1.20. The van der Waals surface area contributed by atoms with Gasteiger partial charge in [-0.15, -0.1) is 10.2 Å². The van der Waals surface area contributed by atoms with Crippen molar-refractivity contribution in [2.75, 3.05) is 11.1 Å². The second kappa shape index (κ2) is 6.70. The fourth-order valence-corrected chi connectivity index (χ4v) is 1.78. The van der Waals surface area contributed by atoms with Crippen LogP contribution in [0.25, 0.3) is 0 Å². The first-order chi connectivity index (χ1) is 8.65. The van der Waals surface area contributed by atoms with Crippen molar-refractivity contribution in [3.05, 3.63) is 34.8 Å². The van der Waals surface area contributed by atoms with Crippen molar-refractivity contribution in [3.63, 3.8) is 0 Å². The number of rotatable bonds is 2. The maximum Gasteiger partial charge on any atom is 0.257 e. The fraction of sp³-hybridized carbons (Fsp3) is 0.250. The van der Waals surface area contributed by atoms with E-state index in [0.717, 1.165) is 5.01 Å². The van der Waals surface area contributed by atoms with Gasteiger partial charge in [-0.2, -0.15) is 0 Å². The summed E-state index contributed by atoms with van der Waals surface area (Å²) in [6, 6.07) is 6.77. The molecular weight excluding hydrogens is 248 g/mol. The van der Waals surface area contributed by atoms with Crippen molar-refractivity contribution < 1.29 is 4.79 Å². The van der Waals surface area contributed by atoms with Gasteiger partial charge in [0.25, 0.3) is 5.91 Å². The third-order valence-corrected chi connectivity index (χ3v) is 2.65. The summed E-state index contributed by atoms with van der Waals surface area (Å²) >= 11 is 1.33. The van der Waals surface area contributed by atoms with Crippen molar-refractivity contribution >= 4 is 28.1 Å². The van der Waals surface area contributed by atoms with Gasteiger partial charge in [0, 0.05) is 11.3 Å². The number of hydrogen-bond donors (Lipinski definition) is 2. The minimum atomic E-state index is -0.233. The number of anilines is 2. The van der Waals surface area contributed by atoms with Crippen molar-refractivity contribution in [1.82, 2.24) is 10.2 Å². The van der Waals surface area contributed by atoms with Crippen molar-refractivity contribution in [2.24, 2.45) is 0 Å². The Morgan fingerprint density at radius 1 is 1.33 bits per heavy atom. The van der Waals surface area contributed by atoms with Crippen LogP contribution in [0.5, 0.6) is 0 Å². The highest BCUT2D eigenvalue weighted by molar-refractivity contribution is 7.15. The van der Waals surface area contributed by atoms with Gasteiger partial charge in [-0.1, -0.05) is 31.3 Å². The third-order valence-electron chi connectivity index (χ3n) is 1.90. The topological polar surface area (TPSA) is 80.9 Å². The molecule has 18 heavy (non-hydrogen) atoms. The summed E-state index contributed by atoms with van der Waals surface area (Å²) in [5.74, 6) is -0.233. The van der Waals surface area contributed by atoms with E-state index in [1.807, 2.05) is 20.8 Å². The molecule has 0 aliphatic rings. The number of aryl methyl sites for hydroxylation is 1. The molecule has 0 aliphatic carbocycles. The molecule has 0 unspecified atom stereocenters. The lowest BCUT2D eigenvalue weighted by Gasteiger charge is -2.01. The number of amides is 1. The lowest BCUT2D eigenvalue weighted by atomic mass is 10.2. The Hall–Kier alpha value is -1.95. The quantitative estimate of drug-likeness (QED) is 0.817. The lowest BCUT2D eigenvalue weighted by Crippen LogP contribution is -2.11. The third kappa shape index (κ3) is 3.81. The highest BCUT2D eigenvalue weighted by Gasteiger charge is 2.08. The van der Waals surface area contributed by atoms with Crippen LogP contribution in [-0.4, -0.2) is 16.1 Å². The second-order valence-corrected chi connectivity index (χ2v) is 4.39. The van der Waals surface area contributed by atoms with Gasteiger partial charge in [0.1, 0.15) is 5.01 Å². The van der Waals surface area contributed by atoms with Gasteiger partial charge >= 0.3 is 0 Å². The first kappa shape index (κ1) is 14.1. The zero-order valence-electron chi connectivity index (χ0n) is 10.6. The lowest BCUT2D eigenvalue weighted by molar-refractivity contribution is 0.102. The Morgan fingerprint density at radius 3 is 2.61 bits per heavy atom. The first-order valence-corrected chi connectivity index (χ1v) is 6.44. The molecule has 1 aromatic carbocycles. The van der Waals surface area contributed by atoms with Gasteiger partial charge in [0.15, 0.2) is 0 Å². The number of nitrogens with two attached hydrogens (primary N) is 1. The summed E-state index contributed by atoms with van der Waals surface area (Å²) in [4.78, 5) is 11.7. The standard InChI is InChI=1S/C10H10N4OS.C2H6/c1-6-13-14-10(16-6)12-9(15)7-3-2-4-8(11)5-7;1-2/h2-5H,11H2,1H3,(H,12,14,15);1-2H3. The molecule has 1 aromatic heterocycles. The van der Waals surface area contributed by atoms with Crippen LogP contribution < -0.4 is 11.1 Å². The van der Waals surface area contributed by atoms with Crippen molar-refractivity contribution in [2.45, 2.75) is 20.8 Å². The number of nitrogen functional groups attached to an aromatic ring is 1. The molecular formula is C12H16N4OS. The summed E-state index contributed by atoms with van der Waals surface area (Å²) < 4.78 is 0. The van der Waals surface area contributed by atoms with Crippen LogP contribution >= 0.6 is 11.3 Å². The molecule has 1 amide bonds. The SMILES string of the molecule is CC.Cc1nnc(NC(=O)c2cccc(N)c2)s1. The normalized spacial score (nSPS) is 9.28. The van der Waals surface area contributed by atoms with Crippen LogP contribution in [0.2, 0.25) is 0 Å². The summed E-state index contributed by atoms with van der Waals surface area (Å²) in [5.41, 5.74) is 6.65. The van der Waals surface area contributed by atoms with Crippen molar-refractivity contribution in [3.8, 4) is 0 Å². The molecule has 0 atom stereocenters. The van der Waals surface area contributed by atoms with Crippen LogP contribution in [0.3, 0.4) is 0 Å². The van der Waals surface area contributed by atoms with Crippen molar-refractivity contribution in [1.29, 1.82) is 0 Å². The van der Waals surface area contributed by atoms with E-state index in [0.29, 0.717) is 16.4 Å². The van der Waals surface area contributed by atoms with E-state index in [4.69, 9.17) is 5.73 Å². The molecule has 0 fully saturated rings. The Kier molecular flexibility index (Phi) is 5.26. The van der Waals surface area contributed by atoms with E-state index in [1.54, 1.807) is 24.3 Å². The predicted molar refractivity (Wildman–Crippen MR) is 74.8 cm³/mol. The predicted octanol–water partition coefficient (Wildman–Crippen LogP) is 2.71. The molecule has 0 spiro atoms. The molecule has 5 nitrogen and oxygen atoms in total. The molecule has 0 saturated heterocycles. The summed E-state index contributed by atoms with van der Waals surface area (Å²) in [5, 5.41) is 11.6. The smallest absolute Gasteiger partial charge is 0.257 e. The summed E-state index contributed by atoms with van der Waals surface area (Å²) in [7, 11) is 0. The van der Waals surface area contributed by atoms with E-state index in [9.17, 15) is 4.79 Å². The highest BCUT2D eigenvalue weighted by atomic mass is 32.1. The number of hydrogen-bond acceptors (Lipinski definition) is 5. The van der Waals surface area contributed by atoms with Crippen LogP contribution in [0, 0.1) is 6.92 Å². The monoisotopic (exact) mass is 264 g/mol. The van der Waals surface area contributed by atoms with Gasteiger partial charge in [-0.05, 0) is 25.1 Å². The van der Waals surface area contributed by atoms with Gasteiger partial charge in [0.2, 0.25) is 5.13 Å². The molecule has 0 saturated carbocycles. The molecule has 0 bridgehead atoms. The molecule has 6 heteroatoms. The number of carbonyl (C=O) groups excluding carboxylic acids is 1. The molecule has 1 heterocycles. The van der Waals surface area contributed by atoms with Gasteiger partial charge < -0.3 is 5.73 Å². The van der Waals surface area contributed by atoms with E-state index >= 15 is 0 Å². The van der Waals surface area contributed by atoms with Crippen LogP contribution in [0.4, 0.5) is 10.8 Å². The Bertz CT molecular complexity index is 524. The Labute approximate surface area is 110 Å². The number of carbonyl (C=O) groups is 1. The first-order valence-electron chi connectivity index (χ1n) is 5.62. The Balaban J connectivity index is 0.000000771. The second-order valence-electron chi connectivity index (χ2n) is 3.21. The number of nitrogens with zero attached hydrogens (tertiary/aromatic N) is 2. The average molecular weight is 264 g/mol. The number of aromatic nitrogens is 2. The molecule has 2 aromatic rings. The molecule has 2 rings (SSSR count). The average Bonchev–Trinajstić information content (AvgIpc) is 2.77. The van der Waals surface area contributed by atoms with Gasteiger partial charge in [-0.3, -0.25) is 10.1 Å². The zero-order valence-corrected chi connectivity index (χ0v) is 11.4. The van der Waals surface area contributed by atoms with Gasteiger partial charge in [-0.25, -0.2) is 0 Å². The van der Waals surface area contributed by atoms with E-state index in [-0.39, 0.29) is 5.91 Å². The van der Waals surface area contributed by atoms with Crippen LogP contribution in [0.15, 0.2) is 24.3 Å². The van der Waals surface area contributed by atoms with E-state index in [1.165, 1.54) is 11.3 Å². The molecule has 3 N–H and O–H groups in total. The van der Waals surface area contributed by atoms with E-state index < -0.39 is 0 Å². The minimum Gasteiger partial charge on any atom is -0.399 e. The minimum absolute atomic E-state index is 0.233. The van der Waals surface area contributed by atoms with E-state index in [2.05, 4.69) is 15.5 Å². The number of benzene rings is 1. The summed E-state index contributed by atoms with van der Waals surface area (Å²) in [6.07, 6.45) is 0. The maximum atomic E-state index is 11.7. The number of nitrogens with one attached hydrogen (secondary N) is 1. The zero-order chi connectivity index (χ0) is 13.5.